The molecule has 4 saturated carbocycles. The highest BCUT2D eigenvalue weighted by Crippen LogP contribution is 2.70. The molecule has 5 fully saturated rings. The highest BCUT2D eigenvalue weighted by molar-refractivity contribution is 5.85. The standard InChI is InChI=1S/C29H44O12/c1-13-22(34)23(35)24(36)25(40-13)41-15-8-19(32)28(12-30)21-17(3-5-27(28,37)9-15)29(38)6-4-16(14-7-20(33)39-11-14)26(29,2)10-18(21)31/h7,13,15-19,21-25,30-32,34-38H,3-6,8-12H2,1-2H3/t13-,15+,16-,17?,18-,19-,21?,22-,23+,24+,25+,26-,27+,28-,29+/m1/s1. The zero-order valence-corrected chi connectivity index (χ0v) is 23.5. The SMILES string of the molecule is C[C@H]1O[C@@H](O[C@H]2C[C@@H](O)[C@]3(CO)C4C(CC[C@]3(O)C2)[C@@]2(O)CC[C@H](C3=CC(=O)OC3)[C@@]2(C)C[C@H]4O)[C@@H](O)[C@@H](O)[C@@H]1O. The molecule has 4 aliphatic carbocycles. The molecule has 0 radical (unpaired) electrons. The van der Waals surface area contributed by atoms with Gasteiger partial charge in [0.25, 0.3) is 0 Å². The van der Waals surface area contributed by atoms with Crippen LogP contribution >= 0.6 is 0 Å². The maximum absolute atomic E-state index is 12.4. The molecule has 2 aliphatic heterocycles. The number of hydrogen-bond acceptors (Lipinski definition) is 12. The van der Waals surface area contributed by atoms with Gasteiger partial charge in [-0.25, -0.2) is 4.79 Å². The maximum Gasteiger partial charge on any atom is 0.331 e. The highest BCUT2D eigenvalue weighted by Gasteiger charge is 2.75. The Bertz CT molecular complexity index is 1080. The lowest BCUT2D eigenvalue weighted by Crippen LogP contribution is -2.76. The maximum atomic E-state index is 12.4. The minimum absolute atomic E-state index is 0.0369. The van der Waals surface area contributed by atoms with E-state index < -0.39 is 95.5 Å². The summed E-state index contributed by atoms with van der Waals surface area (Å²) in [6.07, 6.45) is -6.68. The van der Waals surface area contributed by atoms with Gasteiger partial charge in [0.15, 0.2) is 6.29 Å². The van der Waals surface area contributed by atoms with E-state index in [0.29, 0.717) is 19.3 Å². The molecule has 0 spiro atoms. The number of carbonyl (C=O) groups is 1. The van der Waals surface area contributed by atoms with Gasteiger partial charge in [0.2, 0.25) is 0 Å². The second-order valence-corrected chi connectivity index (χ2v) is 13.8. The summed E-state index contributed by atoms with van der Waals surface area (Å²) in [4.78, 5) is 11.8. The van der Waals surface area contributed by atoms with Crippen LogP contribution in [0.2, 0.25) is 0 Å². The monoisotopic (exact) mass is 584 g/mol. The molecule has 2 heterocycles. The Morgan fingerprint density at radius 2 is 1.76 bits per heavy atom. The van der Waals surface area contributed by atoms with Gasteiger partial charge in [0, 0.05) is 30.3 Å². The first-order valence-electron chi connectivity index (χ1n) is 14.9. The highest BCUT2D eigenvalue weighted by atomic mass is 16.7. The van der Waals surface area contributed by atoms with Crippen LogP contribution in [0.4, 0.5) is 0 Å². The van der Waals surface area contributed by atoms with Gasteiger partial charge in [-0.15, -0.1) is 0 Å². The third-order valence-electron chi connectivity index (χ3n) is 12.2. The molecule has 12 nitrogen and oxygen atoms in total. The Kier molecular flexibility index (Phi) is 7.22. The van der Waals surface area contributed by atoms with Crippen LogP contribution in [0.3, 0.4) is 0 Å². The van der Waals surface area contributed by atoms with Crippen LogP contribution < -0.4 is 0 Å². The van der Waals surface area contributed by atoms with Crippen molar-refractivity contribution in [3.05, 3.63) is 11.6 Å². The molecular formula is C29H44O12. The van der Waals surface area contributed by atoms with E-state index >= 15 is 0 Å². The zero-order valence-electron chi connectivity index (χ0n) is 23.5. The van der Waals surface area contributed by atoms with Crippen molar-refractivity contribution in [2.24, 2.45) is 28.6 Å². The van der Waals surface area contributed by atoms with Crippen molar-refractivity contribution in [1.29, 1.82) is 0 Å². The normalized spacial score (nSPS) is 56.9. The van der Waals surface area contributed by atoms with Gasteiger partial charge < -0.3 is 55.1 Å². The van der Waals surface area contributed by atoms with Crippen LogP contribution in [-0.2, 0) is 19.0 Å². The second kappa shape index (κ2) is 9.91. The average Bonchev–Trinajstić information content (AvgIpc) is 3.45. The van der Waals surface area contributed by atoms with Gasteiger partial charge in [-0.1, -0.05) is 6.92 Å². The minimum Gasteiger partial charge on any atom is -0.458 e. The van der Waals surface area contributed by atoms with Crippen LogP contribution in [0.1, 0.15) is 58.8 Å². The van der Waals surface area contributed by atoms with Crippen LogP contribution in [-0.4, -0.2) is 120 Å². The molecule has 0 aromatic carbocycles. The van der Waals surface area contributed by atoms with E-state index in [1.807, 2.05) is 6.92 Å². The van der Waals surface area contributed by atoms with Crippen molar-refractivity contribution < 1.29 is 59.9 Å². The van der Waals surface area contributed by atoms with Crippen molar-refractivity contribution in [2.75, 3.05) is 13.2 Å². The molecule has 0 bridgehead atoms. The first-order valence-corrected chi connectivity index (χ1v) is 14.9. The number of aliphatic hydroxyl groups excluding tert-OH is 6. The van der Waals surface area contributed by atoms with Crippen LogP contribution in [0, 0.1) is 28.6 Å². The largest absolute Gasteiger partial charge is 0.458 e. The van der Waals surface area contributed by atoms with Gasteiger partial charge in [-0.3, -0.25) is 0 Å². The summed E-state index contributed by atoms with van der Waals surface area (Å²) in [6, 6.07) is 0. The Hall–Kier alpha value is -1.19. The number of rotatable bonds is 4. The van der Waals surface area contributed by atoms with E-state index in [4.69, 9.17) is 14.2 Å². The van der Waals surface area contributed by atoms with Crippen LogP contribution in [0.5, 0.6) is 0 Å². The van der Waals surface area contributed by atoms with Gasteiger partial charge >= 0.3 is 5.97 Å². The Morgan fingerprint density at radius 1 is 1.02 bits per heavy atom. The summed E-state index contributed by atoms with van der Waals surface area (Å²) in [6.45, 7) is 3.00. The molecule has 41 heavy (non-hydrogen) atoms. The topological polar surface area (TPSA) is 207 Å². The summed E-state index contributed by atoms with van der Waals surface area (Å²) in [7, 11) is 0. The fourth-order valence-electron chi connectivity index (χ4n) is 10.1. The first-order chi connectivity index (χ1) is 19.2. The van der Waals surface area contributed by atoms with E-state index in [1.165, 1.54) is 13.0 Å². The fraction of sp³-hybridized carbons (Fsp3) is 0.897. The number of aliphatic hydroxyl groups is 8. The van der Waals surface area contributed by atoms with Crippen molar-refractivity contribution in [3.63, 3.8) is 0 Å². The number of carbonyl (C=O) groups excluding carboxylic acids is 1. The molecule has 15 atom stereocenters. The third kappa shape index (κ3) is 3.99. The van der Waals surface area contributed by atoms with E-state index in [1.54, 1.807) is 0 Å². The molecule has 8 N–H and O–H groups in total. The van der Waals surface area contributed by atoms with Gasteiger partial charge in [-0.05, 0) is 56.4 Å². The summed E-state index contributed by atoms with van der Waals surface area (Å²) in [5, 5.41) is 89.6. The number of fused-ring (bicyclic) bond motifs is 5. The predicted molar refractivity (Wildman–Crippen MR) is 139 cm³/mol. The Balaban J connectivity index is 1.28. The molecule has 2 unspecified atom stereocenters. The Morgan fingerprint density at radius 3 is 2.41 bits per heavy atom. The molecule has 6 aliphatic rings. The van der Waals surface area contributed by atoms with E-state index in [-0.39, 0.29) is 38.2 Å². The lowest BCUT2D eigenvalue weighted by atomic mass is 9.40. The van der Waals surface area contributed by atoms with Crippen LogP contribution in [0.15, 0.2) is 11.6 Å². The fourth-order valence-corrected chi connectivity index (χ4v) is 10.1. The molecule has 0 amide bonds. The summed E-state index contributed by atoms with van der Waals surface area (Å²) in [5.41, 5.74) is -4.46. The van der Waals surface area contributed by atoms with Gasteiger partial charge in [-0.2, -0.15) is 0 Å². The molecule has 232 valence electrons. The number of hydrogen-bond donors (Lipinski definition) is 8. The lowest BCUT2D eigenvalue weighted by Gasteiger charge is -2.68. The summed E-state index contributed by atoms with van der Waals surface area (Å²) >= 11 is 0. The van der Waals surface area contributed by atoms with Gasteiger partial charge in [0.1, 0.15) is 24.9 Å². The number of cyclic esters (lactones) is 1. The predicted octanol–water partition coefficient (Wildman–Crippen LogP) is -1.51. The van der Waals surface area contributed by atoms with Crippen molar-refractivity contribution in [3.8, 4) is 0 Å². The average molecular weight is 585 g/mol. The minimum atomic E-state index is -1.67. The van der Waals surface area contributed by atoms with E-state index in [0.717, 1.165) is 5.57 Å². The van der Waals surface area contributed by atoms with E-state index in [2.05, 4.69) is 0 Å². The Labute approximate surface area is 238 Å². The van der Waals surface area contributed by atoms with Crippen molar-refractivity contribution in [1.82, 2.24) is 0 Å². The zero-order chi connectivity index (χ0) is 29.7. The van der Waals surface area contributed by atoms with Crippen molar-refractivity contribution in [2.45, 2.75) is 119 Å². The molecule has 0 aromatic rings. The quantitative estimate of drug-likeness (QED) is 0.140. The number of esters is 1. The van der Waals surface area contributed by atoms with Gasteiger partial charge in [0.05, 0.1) is 47.6 Å². The van der Waals surface area contributed by atoms with Crippen LogP contribution in [0.25, 0.3) is 0 Å². The molecule has 1 saturated heterocycles. The molecular weight excluding hydrogens is 540 g/mol. The molecule has 6 rings (SSSR count). The lowest BCUT2D eigenvalue weighted by molar-refractivity contribution is -0.342. The number of ether oxygens (including phenoxy) is 3. The molecule has 12 heteroatoms. The molecule has 0 aromatic heterocycles. The van der Waals surface area contributed by atoms with E-state index in [9.17, 15) is 45.6 Å². The smallest absolute Gasteiger partial charge is 0.331 e. The second-order valence-electron chi connectivity index (χ2n) is 13.8. The van der Waals surface area contributed by atoms with Crippen molar-refractivity contribution >= 4 is 5.97 Å². The summed E-state index contributed by atoms with van der Waals surface area (Å²) < 4.78 is 16.7. The first kappa shape index (κ1) is 29.9. The summed E-state index contributed by atoms with van der Waals surface area (Å²) in [5.74, 6) is -1.93. The third-order valence-corrected chi connectivity index (χ3v) is 12.2.